The van der Waals surface area contributed by atoms with Crippen molar-refractivity contribution in [3.8, 4) is 0 Å². The molecule has 0 saturated carbocycles. The first-order valence-corrected chi connectivity index (χ1v) is 8.45. The number of nitrogens with one attached hydrogen (secondary N) is 2. The van der Waals surface area contributed by atoms with Gasteiger partial charge in [0.15, 0.2) is 5.76 Å². The molecular formula is C21H21N2O3+. The van der Waals surface area contributed by atoms with E-state index in [4.69, 9.17) is 4.42 Å². The van der Waals surface area contributed by atoms with Crippen molar-refractivity contribution < 1.29 is 18.9 Å². The first-order valence-electron chi connectivity index (χ1n) is 8.45. The van der Waals surface area contributed by atoms with Gasteiger partial charge in [0.2, 0.25) is 11.9 Å². The van der Waals surface area contributed by atoms with E-state index in [0.29, 0.717) is 12.1 Å². The molecule has 0 aliphatic carbocycles. The summed E-state index contributed by atoms with van der Waals surface area (Å²) in [4.78, 5) is 26.3. The molecule has 132 valence electrons. The van der Waals surface area contributed by atoms with E-state index in [0.717, 1.165) is 10.5 Å². The van der Waals surface area contributed by atoms with Gasteiger partial charge in [-0.15, -0.1) is 0 Å². The Morgan fingerprint density at radius 3 is 2.23 bits per heavy atom. The summed E-state index contributed by atoms with van der Waals surface area (Å²) in [5, 5.41) is 2.82. The molecular weight excluding hydrogens is 328 g/mol. The SMILES string of the molecule is C[NH+](Cc1ccccc1)[C@H](NC(=O)c1ccco1)C(=O)c1ccccc1. The van der Waals surface area contributed by atoms with Gasteiger partial charge >= 0.3 is 0 Å². The number of carbonyl (C=O) groups is 2. The normalized spacial score (nSPS) is 13.0. The van der Waals surface area contributed by atoms with Gasteiger partial charge in [-0.3, -0.25) is 14.9 Å². The molecule has 0 fully saturated rings. The molecule has 0 bridgehead atoms. The lowest BCUT2D eigenvalue weighted by molar-refractivity contribution is -0.911. The summed E-state index contributed by atoms with van der Waals surface area (Å²) in [5.74, 6) is -0.362. The third-order valence-electron chi connectivity index (χ3n) is 4.16. The molecule has 3 rings (SSSR count). The number of furan rings is 1. The van der Waals surface area contributed by atoms with Crippen molar-refractivity contribution in [2.75, 3.05) is 7.05 Å². The van der Waals surface area contributed by atoms with Crippen LogP contribution in [-0.2, 0) is 6.54 Å². The monoisotopic (exact) mass is 349 g/mol. The van der Waals surface area contributed by atoms with Crippen LogP contribution in [0.2, 0.25) is 0 Å². The van der Waals surface area contributed by atoms with Gasteiger partial charge in [0.05, 0.1) is 13.3 Å². The molecule has 1 unspecified atom stereocenters. The second-order valence-corrected chi connectivity index (χ2v) is 6.12. The Kier molecular flexibility index (Phi) is 5.61. The Morgan fingerprint density at radius 1 is 0.962 bits per heavy atom. The first-order chi connectivity index (χ1) is 12.6. The van der Waals surface area contributed by atoms with E-state index >= 15 is 0 Å². The van der Waals surface area contributed by atoms with Gasteiger partial charge in [0, 0.05) is 11.1 Å². The quantitative estimate of drug-likeness (QED) is 0.506. The fourth-order valence-corrected chi connectivity index (χ4v) is 2.81. The van der Waals surface area contributed by atoms with Crippen LogP contribution < -0.4 is 10.2 Å². The molecule has 0 spiro atoms. The van der Waals surface area contributed by atoms with Crippen LogP contribution in [0, 0.1) is 0 Å². The Hall–Kier alpha value is -3.18. The number of benzene rings is 2. The fourth-order valence-electron chi connectivity index (χ4n) is 2.81. The van der Waals surface area contributed by atoms with Crippen LogP contribution in [0.4, 0.5) is 0 Å². The Labute approximate surface area is 152 Å². The maximum Gasteiger partial charge on any atom is 0.291 e. The highest BCUT2D eigenvalue weighted by Crippen LogP contribution is 2.04. The molecule has 0 saturated heterocycles. The van der Waals surface area contributed by atoms with Crippen LogP contribution in [0.15, 0.2) is 83.5 Å². The largest absolute Gasteiger partial charge is 0.459 e. The molecule has 5 nitrogen and oxygen atoms in total. The number of amides is 1. The summed E-state index contributed by atoms with van der Waals surface area (Å²) in [6, 6.07) is 22.1. The smallest absolute Gasteiger partial charge is 0.291 e. The highest BCUT2D eigenvalue weighted by Gasteiger charge is 2.30. The lowest BCUT2D eigenvalue weighted by Gasteiger charge is -2.24. The minimum absolute atomic E-state index is 0.140. The molecule has 1 amide bonds. The minimum atomic E-state index is -0.727. The van der Waals surface area contributed by atoms with Crippen LogP contribution in [0.5, 0.6) is 0 Å². The molecule has 0 aliphatic rings. The van der Waals surface area contributed by atoms with Crippen molar-refractivity contribution in [3.63, 3.8) is 0 Å². The summed E-state index contributed by atoms with van der Waals surface area (Å²) in [5.41, 5.74) is 1.65. The number of ketones is 1. The summed E-state index contributed by atoms with van der Waals surface area (Å²) < 4.78 is 5.15. The zero-order chi connectivity index (χ0) is 18.4. The molecule has 2 N–H and O–H groups in total. The molecule has 1 aromatic heterocycles. The maximum atomic E-state index is 13.0. The van der Waals surface area contributed by atoms with E-state index < -0.39 is 12.1 Å². The standard InChI is InChI=1S/C21H20N2O3/c1-23(15-16-9-4-2-5-10-16)20(19(24)17-11-6-3-7-12-17)22-21(25)18-13-8-14-26-18/h2-14,20H,15H2,1H3,(H,22,25)/p+1/t20-/m0/s1. The van der Waals surface area contributed by atoms with Crippen LogP contribution in [0.3, 0.4) is 0 Å². The van der Waals surface area contributed by atoms with Crippen molar-refractivity contribution >= 4 is 11.7 Å². The number of carbonyl (C=O) groups excluding carboxylic acids is 2. The minimum Gasteiger partial charge on any atom is -0.459 e. The third kappa shape index (κ3) is 4.26. The number of likely N-dealkylation sites (N-methyl/N-ethyl adjacent to an activating group) is 1. The number of Topliss-reactive ketones (excluding diaryl/α,β-unsaturated/α-hetero) is 1. The first kappa shape index (κ1) is 17.6. The number of hydrogen-bond donors (Lipinski definition) is 2. The summed E-state index contributed by atoms with van der Waals surface area (Å²) >= 11 is 0. The predicted molar refractivity (Wildman–Crippen MR) is 97.8 cm³/mol. The lowest BCUT2D eigenvalue weighted by Crippen LogP contribution is -3.15. The van der Waals surface area contributed by atoms with Gasteiger partial charge in [-0.25, -0.2) is 0 Å². The van der Waals surface area contributed by atoms with Crippen molar-refractivity contribution in [1.82, 2.24) is 5.32 Å². The highest BCUT2D eigenvalue weighted by atomic mass is 16.3. The van der Waals surface area contributed by atoms with E-state index in [2.05, 4.69) is 5.32 Å². The van der Waals surface area contributed by atoms with E-state index in [9.17, 15) is 9.59 Å². The molecule has 26 heavy (non-hydrogen) atoms. The van der Waals surface area contributed by atoms with E-state index in [1.54, 1.807) is 24.3 Å². The second kappa shape index (κ2) is 8.27. The fraction of sp³-hybridized carbons (Fsp3) is 0.143. The van der Waals surface area contributed by atoms with Gasteiger partial charge in [-0.05, 0) is 12.1 Å². The van der Waals surface area contributed by atoms with Crippen LogP contribution in [0.1, 0.15) is 26.5 Å². The molecule has 0 radical (unpaired) electrons. The topological polar surface area (TPSA) is 63.8 Å². The van der Waals surface area contributed by atoms with Crippen molar-refractivity contribution in [1.29, 1.82) is 0 Å². The number of rotatable bonds is 7. The second-order valence-electron chi connectivity index (χ2n) is 6.12. The van der Waals surface area contributed by atoms with Gasteiger partial charge < -0.3 is 9.32 Å². The van der Waals surface area contributed by atoms with Gasteiger partial charge in [-0.2, -0.15) is 0 Å². The molecule has 2 aromatic carbocycles. The average Bonchev–Trinajstić information content (AvgIpc) is 3.22. The van der Waals surface area contributed by atoms with Crippen LogP contribution in [-0.4, -0.2) is 24.9 Å². The van der Waals surface area contributed by atoms with E-state index in [-0.39, 0.29) is 11.5 Å². The molecule has 3 aromatic rings. The number of hydrogen-bond acceptors (Lipinski definition) is 3. The zero-order valence-corrected chi connectivity index (χ0v) is 14.5. The molecule has 0 aliphatic heterocycles. The summed E-state index contributed by atoms with van der Waals surface area (Å²) in [7, 11) is 1.89. The van der Waals surface area contributed by atoms with Gasteiger partial charge in [-0.1, -0.05) is 60.7 Å². The van der Waals surface area contributed by atoms with E-state index in [1.165, 1.54) is 6.26 Å². The Balaban J connectivity index is 1.82. The molecule has 2 atom stereocenters. The average molecular weight is 349 g/mol. The van der Waals surface area contributed by atoms with Crippen molar-refractivity contribution in [2.45, 2.75) is 12.7 Å². The van der Waals surface area contributed by atoms with Crippen molar-refractivity contribution in [2.24, 2.45) is 0 Å². The Morgan fingerprint density at radius 2 is 1.62 bits per heavy atom. The third-order valence-corrected chi connectivity index (χ3v) is 4.16. The zero-order valence-electron chi connectivity index (χ0n) is 14.5. The van der Waals surface area contributed by atoms with E-state index in [1.807, 2.05) is 55.6 Å². The summed E-state index contributed by atoms with van der Waals surface area (Å²) in [6.07, 6.45) is 0.707. The summed E-state index contributed by atoms with van der Waals surface area (Å²) in [6.45, 7) is 0.600. The predicted octanol–water partition coefficient (Wildman–Crippen LogP) is 1.93. The number of quaternary nitrogens is 1. The maximum absolute atomic E-state index is 13.0. The molecule has 5 heteroatoms. The Bertz CT molecular complexity index is 845. The molecule has 1 heterocycles. The van der Waals surface area contributed by atoms with Crippen LogP contribution in [0.25, 0.3) is 0 Å². The van der Waals surface area contributed by atoms with Gasteiger partial charge in [0.1, 0.15) is 6.54 Å². The van der Waals surface area contributed by atoms with Crippen LogP contribution >= 0.6 is 0 Å². The van der Waals surface area contributed by atoms with Crippen molar-refractivity contribution in [3.05, 3.63) is 95.9 Å². The highest BCUT2D eigenvalue weighted by molar-refractivity contribution is 6.02. The lowest BCUT2D eigenvalue weighted by atomic mass is 10.1. The van der Waals surface area contributed by atoms with Gasteiger partial charge in [0.25, 0.3) is 5.91 Å².